The Bertz CT molecular complexity index is 711. The van der Waals surface area contributed by atoms with Crippen LogP contribution in [-0.4, -0.2) is 47.6 Å². The molecular weight excluding hydrogens is 332 g/mol. The standard InChI is InChI=1S/C18H28N6O2/c1-13(12-25-4)21-18(20-11-17-23-22-14(2)24(17)3)19-10-15-6-8-16(26-5)9-7-15/h6-9,13H,10-12H2,1-5H3,(H2,19,20,21). The average molecular weight is 360 g/mol. The summed E-state index contributed by atoms with van der Waals surface area (Å²) in [6.45, 7) is 5.64. The normalized spacial score (nSPS) is 12.7. The van der Waals surface area contributed by atoms with Crippen LogP contribution in [0, 0.1) is 6.92 Å². The molecule has 1 aromatic carbocycles. The maximum atomic E-state index is 5.19. The van der Waals surface area contributed by atoms with Crippen LogP contribution in [0.3, 0.4) is 0 Å². The zero-order valence-electron chi connectivity index (χ0n) is 16.1. The minimum Gasteiger partial charge on any atom is -0.497 e. The van der Waals surface area contributed by atoms with Crippen LogP contribution < -0.4 is 15.4 Å². The number of ether oxygens (including phenoxy) is 2. The van der Waals surface area contributed by atoms with E-state index in [1.54, 1.807) is 14.2 Å². The summed E-state index contributed by atoms with van der Waals surface area (Å²) in [7, 11) is 5.29. The van der Waals surface area contributed by atoms with E-state index in [0.717, 1.165) is 23.0 Å². The molecule has 1 aromatic heterocycles. The second-order valence-corrected chi connectivity index (χ2v) is 6.09. The zero-order chi connectivity index (χ0) is 18.9. The van der Waals surface area contributed by atoms with Gasteiger partial charge in [0.15, 0.2) is 11.8 Å². The molecule has 0 aliphatic carbocycles. The largest absolute Gasteiger partial charge is 0.497 e. The van der Waals surface area contributed by atoms with E-state index in [1.807, 2.05) is 49.7 Å². The molecule has 0 saturated heterocycles. The Kier molecular flexibility index (Phi) is 7.40. The first-order chi connectivity index (χ1) is 12.5. The van der Waals surface area contributed by atoms with Crippen molar-refractivity contribution >= 4 is 5.96 Å². The summed E-state index contributed by atoms with van der Waals surface area (Å²) >= 11 is 0. The van der Waals surface area contributed by atoms with E-state index in [2.05, 4.69) is 25.8 Å². The molecule has 1 atom stereocenters. The first-order valence-corrected chi connectivity index (χ1v) is 8.55. The summed E-state index contributed by atoms with van der Waals surface area (Å²) in [6, 6.07) is 8.00. The van der Waals surface area contributed by atoms with Crippen molar-refractivity contribution in [3.8, 4) is 5.75 Å². The van der Waals surface area contributed by atoms with Crippen molar-refractivity contribution in [2.45, 2.75) is 33.0 Å². The fourth-order valence-electron chi connectivity index (χ4n) is 2.35. The highest BCUT2D eigenvalue weighted by Crippen LogP contribution is 2.11. The third-order valence-electron chi connectivity index (χ3n) is 3.98. The number of hydrogen-bond acceptors (Lipinski definition) is 5. The molecule has 142 valence electrons. The topological polar surface area (TPSA) is 85.6 Å². The second-order valence-electron chi connectivity index (χ2n) is 6.09. The van der Waals surface area contributed by atoms with Crippen LogP contribution in [0.2, 0.25) is 0 Å². The smallest absolute Gasteiger partial charge is 0.192 e. The molecule has 1 unspecified atom stereocenters. The molecule has 0 fully saturated rings. The van der Waals surface area contributed by atoms with Gasteiger partial charge in [0, 0.05) is 20.2 Å². The van der Waals surface area contributed by atoms with Crippen LogP contribution in [0.1, 0.15) is 24.1 Å². The number of hydrogen-bond donors (Lipinski definition) is 2. The second kappa shape index (κ2) is 9.76. The first-order valence-electron chi connectivity index (χ1n) is 8.55. The SMILES string of the molecule is COCC(C)NC(=NCc1ccc(OC)cc1)NCc1nnc(C)n1C. The Balaban J connectivity index is 2.04. The van der Waals surface area contributed by atoms with Crippen molar-refractivity contribution in [3.05, 3.63) is 41.5 Å². The number of aromatic nitrogens is 3. The van der Waals surface area contributed by atoms with E-state index in [0.29, 0.717) is 25.7 Å². The summed E-state index contributed by atoms with van der Waals surface area (Å²) in [6.07, 6.45) is 0. The van der Waals surface area contributed by atoms with Crippen molar-refractivity contribution in [3.63, 3.8) is 0 Å². The van der Waals surface area contributed by atoms with Gasteiger partial charge in [0.2, 0.25) is 0 Å². The van der Waals surface area contributed by atoms with Crippen LogP contribution in [0.15, 0.2) is 29.3 Å². The van der Waals surface area contributed by atoms with Gasteiger partial charge in [-0.3, -0.25) is 0 Å². The molecule has 2 N–H and O–H groups in total. The van der Waals surface area contributed by atoms with Crippen LogP contribution in [0.4, 0.5) is 0 Å². The first kappa shape index (κ1) is 19.7. The summed E-state index contributed by atoms with van der Waals surface area (Å²) < 4.78 is 12.3. The minimum absolute atomic E-state index is 0.128. The summed E-state index contributed by atoms with van der Waals surface area (Å²) in [4.78, 5) is 4.66. The van der Waals surface area contributed by atoms with Crippen molar-refractivity contribution in [1.29, 1.82) is 0 Å². The Morgan fingerprint density at radius 2 is 1.96 bits per heavy atom. The number of benzene rings is 1. The van der Waals surface area contributed by atoms with Crippen molar-refractivity contribution in [1.82, 2.24) is 25.4 Å². The van der Waals surface area contributed by atoms with Crippen LogP contribution in [-0.2, 0) is 24.9 Å². The van der Waals surface area contributed by atoms with Gasteiger partial charge in [-0.15, -0.1) is 10.2 Å². The van der Waals surface area contributed by atoms with Gasteiger partial charge in [-0.05, 0) is 31.5 Å². The monoisotopic (exact) mass is 360 g/mol. The molecule has 8 nitrogen and oxygen atoms in total. The number of nitrogens with zero attached hydrogens (tertiary/aromatic N) is 4. The number of aliphatic imine (C=N–C) groups is 1. The number of guanidine groups is 1. The van der Waals surface area contributed by atoms with Crippen LogP contribution >= 0.6 is 0 Å². The van der Waals surface area contributed by atoms with E-state index in [1.165, 1.54) is 0 Å². The predicted octanol–water partition coefficient (Wildman–Crippen LogP) is 1.40. The predicted molar refractivity (Wildman–Crippen MR) is 101 cm³/mol. The molecule has 0 bridgehead atoms. The average Bonchev–Trinajstić information content (AvgIpc) is 2.96. The van der Waals surface area contributed by atoms with Crippen LogP contribution in [0.25, 0.3) is 0 Å². The Morgan fingerprint density at radius 3 is 2.54 bits per heavy atom. The Hall–Kier alpha value is -2.61. The van der Waals surface area contributed by atoms with Crippen molar-refractivity contribution in [2.75, 3.05) is 20.8 Å². The lowest BCUT2D eigenvalue weighted by Crippen LogP contribution is -2.44. The van der Waals surface area contributed by atoms with Gasteiger partial charge in [-0.2, -0.15) is 0 Å². The molecule has 2 aromatic rings. The van der Waals surface area contributed by atoms with Gasteiger partial charge in [0.1, 0.15) is 11.6 Å². The third-order valence-corrected chi connectivity index (χ3v) is 3.98. The lowest BCUT2D eigenvalue weighted by Gasteiger charge is -2.17. The summed E-state index contributed by atoms with van der Waals surface area (Å²) in [5, 5.41) is 14.9. The molecule has 0 aliphatic heterocycles. The fraction of sp³-hybridized carbons (Fsp3) is 0.500. The van der Waals surface area contributed by atoms with Crippen molar-refractivity contribution in [2.24, 2.45) is 12.0 Å². The fourth-order valence-corrected chi connectivity index (χ4v) is 2.35. The zero-order valence-corrected chi connectivity index (χ0v) is 16.1. The van der Waals surface area contributed by atoms with Gasteiger partial charge in [0.25, 0.3) is 0 Å². The van der Waals surface area contributed by atoms with Gasteiger partial charge in [0.05, 0.1) is 26.8 Å². The number of methoxy groups -OCH3 is 2. The van der Waals surface area contributed by atoms with E-state index in [9.17, 15) is 0 Å². The quantitative estimate of drug-likeness (QED) is 0.547. The van der Waals surface area contributed by atoms with Gasteiger partial charge < -0.3 is 24.7 Å². The van der Waals surface area contributed by atoms with E-state index in [4.69, 9.17) is 9.47 Å². The minimum atomic E-state index is 0.128. The summed E-state index contributed by atoms with van der Waals surface area (Å²) in [5.74, 6) is 3.26. The molecule has 0 aliphatic rings. The van der Waals surface area contributed by atoms with Gasteiger partial charge in [-0.25, -0.2) is 4.99 Å². The third kappa shape index (κ3) is 5.73. The highest BCUT2D eigenvalue weighted by atomic mass is 16.5. The lowest BCUT2D eigenvalue weighted by molar-refractivity contribution is 0.179. The van der Waals surface area contributed by atoms with Gasteiger partial charge in [-0.1, -0.05) is 12.1 Å². The number of rotatable bonds is 8. The van der Waals surface area contributed by atoms with Crippen molar-refractivity contribution < 1.29 is 9.47 Å². The lowest BCUT2D eigenvalue weighted by atomic mass is 10.2. The van der Waals surface area contributed by atoms with E-state index < -0.39 is 0 Å². The van der Waals surface area contributed by atoms with E-state index in [-0.39, 0.29) is 6.04 Å². The molecule has 2 rings (SSSR count). The molecular formula is C18H28N6O2. The highest BCUT2D eigenvalue weighted by Gasteiger charge is 2.09. The molecule has 1 heterocycles. The van der Waals surface area contributed by atoms with E-state index >= 15 is 0 Å². The Labute approximate surface area is 154 Å². The highest BCUT2D eigenvalue weighted by molar-refractivity contribution is 5.80. The molecule has 0 amide bonds. The molecule has 26 heavy (non-hydrogen) atoms. The van der Waals surface area contributed by atoms with Gasteiger partial charge >= 0.3 is 0 Å². The number of nitrogens with one attached hydrogen (secondary N) is 2. The number of aryl methyl sites for hydroxylation is 1. The maximum absolute atomic E-state index is 5.19. The molecule has 0 saturated carbocycles. The molecule has 0 spiro atoms. The Morgan fingerprint density at radius 1 is 1.23 bits per heavy atom. The molecule has 0 radical (unpaired) electrons. The van der Waals surface area contributed by atoms with Crippen LogP contribution in [0.5, 0.6) is 5.75 Å². The maximum Gasteiger partial charge on any atom is 0.192 e. The molecule has 8 heteroatoms. The summed E-state index contributed by atoms with van der Waals surface area (Å²) in [5.41, 5.74) is 1.10.